The first-order valence-corrected chi connectivity index (χ1v) is 9.58. The number of hydrogen-bond acceptors (Lipinski definition) is 5. The second-order valence-electron chi connectivity index (χ2n) is 6.92. The van der Waals surface area contributed by atoms with Crippen LogP contribution in [0.15, 0.2) is 66.7 Å². The quantitative estimate of drug-likeness (QED) is 0.485. The van der Waals surface area contributed by atoms with Crippen molar-refractivity contribution in [2.45, 2.75) is 18.8 Å². The summed E-state index contributed by atoms with van der Waals surface area (Å²) in [4.78, 5) is 36.5. The maximum absolute atomic E-state index is 12.6. The van der Waals surface area contributed by atoms with Crippen molar-refractivity contribution in [1.29, 1.82) is 0 Å². The summed E-state index contributed by atoms with van der Waals surface area (Å²) in [5.74, 6) is -1.42. The average Bonchev–Trinajstić information content (AvgIpc) is 3.55. The smallest absolute Gasteiger partial charge is 0.357 e. The molecular formula is C22H20N4O4. The summed E-state index contributed by atoms with van der Waals surface area (Å²) in [5, 5.41) is 4.54. The number of esters is 1. The van der Waals surface area contributed by atoms with E-state index in [0.717, 1.165) is 24.2 Å². The van der Waals surface area contributed by atoms with Crippen molar-refractivity contribution in [3.05, 3.63) is 83.7 Å². The van der Waals surface area contributed by atoms with E-state index in [9.17, 15) is 14.4 Å². The zero-order valence-electron chi connectivity index (χ0n) is 16.1. The molecule has 2 N–H and O–H groups in total. The summed E-state index contributed by atoms with van der Waals surface area (Å²) in [6.45, 7) is -0.535. The van der Waals surface area contributed by atoms with E-state index in [1.165, 1.54) is 4.68 Å². The Morgan fingerprint density at radius 1 is 0.967 bits per heavy atom. The highest BCUT2D eigenvalue weighted by atomic mass is 16.5. The van der Waals surface area contributed by atoms with E-state index in [1.54, 1.807) is 36.4 Å². The molecule has 3 aromatic rings. The molecule has 0 bridgehead atoms. The topological polar surface area (TPSA) is 102 Å². The van der Waals surface area contributed by atoms with Crippen LogP contribution >= 0.6 is 0 Å². The average molecular weight is 404 g/mol. The summed E-state index contributed by atoms with van der Waals surface area (Å²) < 4.78 is 6.67. The Hall–Kier alpha value is -3.94. The molecule has 1 saturated carbocycles. The number of rotatable bonds is 6. The van der Waals surface area contributed by atoms with Crippen molar-refractivity contribution in [3.63, 3.8) is 0 Å². The van der Waals surface area contributed by atoms with Gasteiger partial charge in [-0.2, -0.15) is 5.10 Å². The third kappa shape index (κ3) is 4.54. The molecule has 0 saturated heterocycles. The minimum absolute atomic E-state index is 0.254. The summed E-state index contributed by atoms with van der Waals surface area (Å²) >= 11 is 0. The zero-order chi connectivity index (χ0) is 20.9. The lowest BCUT2D eigenvalue weighted by Gasteiger charge is -2.09. The number of hydrazine groups is 1. The molecule has 2 amide bonds. The number of nitrogens with zero attached hydrogens (tertiary/aromatic N) is 2. The molecule has 0 atom stereocenters. The van der Waals surface area contributed by atoms with Crippen molar-refractivity contribution in [2.24, 2.45) is 0 Å². The Kier molecular flexibility index (Phi) is 5.56. The van der Waals surface area contributed by atoms with Gasteiger partial charge in [-0.1, -0.05) is 36.4 Å². The van der Waals surface area contributed by atoms with Gasteiger partial charge in [0.25, 0.3) is 11.8 Å². The van der Waals surface area contributed by atoms with Gasteiger partial charge in [0.1, 0.15) is 0 Å². The molecular weight excluding hydrogens is 384 g/mol. The number of amides is 2. The molecule has 0 spiro atoms. The van der Waals surface area contributed by atoms with Crippen LogP contribution in [0.25, 0.3) is 5.69 Å². The molecule has 0 aliphatic heterocycles. The van der Waals surface area contributed by atoms with Crippen LogP contribution in [0.4, 0.5) is 0 Å². The van der Waals surface area contributed by atoms with Crippen molar-refractivity contribution < 1.29 is 19.1 Å². The number of nitrogens with one attached hydrogen (secondary N) is 2. The van der Waals surface area contributed by atoms with Crippen molar-refractivity contribution in [3.8, 4) is 5.69 Å². The maximum Gasteiger partial charge on any atom is 0.357 e. The molecule has 152 valence electrons. The number of hydrogen-bond donors (Lipinski definition) is 2. The number of para-hydroxylation sites is 1. The molecule has 1 aliphatic rings. The predicted octanol–water partition coefficient (Wildman–Crippen LogP) is 2.37. The normalized spacial score (nSPS) is 12.8. The highest BCUT2D eigenvalue weighted by Crippen LogP contribution is 2.39. The second kappa shape index (κ2) is 8.60. The monoisotopic (exact) mass is 404 g/mol. The van der Waals surface area contributed by atoms with Gasteiger partial charge in [-0.15, -0.1) is 0 Å². The molecule has 1 fully saturated rings. The molecule has 1 aromatic heterocycles. The van der Waals surface area contributed by atoms with E-state index in [0.29, 0.717) is 11.5 Å². The van der Waals surface area contributed by atoms with Crippen LogP contribution in [0.1, 0.15) is 45.3 Å². The van der Waals surface area contributed by atoms with Gasteiger partial charge in [0.05, 0.1) is 11.4 Å². The van der Waals surface area contributed by atoms with Crippen LogP contribution < -0.4 is 10.9 Å². The lowest BCUT2D eigenvalue weighted by atomic mass is 10.2. The first kappa shape index (κ1) is 19.4. The summed E-state index contributed by atoms with van der Waals surface area (Å²) in [5.41, 5.74) is 6.73. The van der Waals surface area contributed by atoms with Gasteiger partial charge in [-0.3, -0.25) is 20.4 Å². The molecule has 1 heterocycles. The van der Waals surface area contributed by atoms with Gasteiger partial charge < -0.3 is 4.74 Å². The lowest BCUT2D eigenvalue weighted by molar-refractivity contribution is -0.125. The number of ether oxygens (including phenoxy) is 1. The van der Waals surface area contributed by atoms with E-state index >= 15 is 0 Å². The molecule has 8 nitrogen and oxygen atoms in total. The molecule has 1 aliphatic carbocycles. The summed E-state index contributed by atoms with van der Waals surface area (Å²) in [7, 11) is 0. The van der Waals surface area contributed by atoms with E-state index in [1.807, 2.05) is 30.3 Å². The fraction of sp³-hybridized carbons (Fsp3) is 0.182. The fourth-order valence-corrected chi connectivity index (χ4v) is 2.92. The number of carbonyl (C=O) groups excluding carboxylic acids is 3. The van der Waals surface area contributed by atoms with Crippen molar-refractivity contribution >= 4 is 17.8 Å². The largest absolute Gasteiger partial charge is 0.451 e. The highest BCUT2D eigenvalue weighted by Gasteiger charge is 2.29. The Balaban J connectivity index is 1.37. The zero-order valence-corrected chi connectivity index (χ0v) is 16.1. The lowest BCUT2D eigenvalue weighted by Crippen LogP contribution is -2.43. The summed E-state index contributed by atoms with van der Waals surface area (Å²) in [6.07, 6.45) is 2.09. The number of carbonyl (C=O) groups is 3. The molecule has 2 aromatic carbocycles. The highest BCUT2D eigenvalue weighted by molar-refractivity contribution is 5.96. The number of benzene rings is 2. The SMILES string of the molecule is O=C(COC(=O)c1cc(C2CC2)nn1-c1ccccc1)NNC(=O)c1ccccc1. The number of aromatic nitrogens is 2. The predicted molar refractivity (Wildman–Crippen MR) is 108 cm³/mol. The molecule has 4 rings (SSSR count). The van der Waals surface area contributed by atoms with Crippen LogP contribution in [0.2, 0.25) is 0 Å². The maximum atomic E-state index is 12.6. The van der Waals surface area contributed by atoms with Gasteiger partial charge in [0, 0.05) is 11.5 Å². The van der Waals surface area contributed by atoms with Crippen molar-refractivity contribution in [1.82, 2.24) is 20.6 Å². The minimum atomic E-state index is -0.664. The van der Waals surface area contributed by atoms with Gasteiger partial charge in [0.2, 0.25) is 0 Å². The van der Waals surface area contributed by atoms with Crippen LogP contribution in [-0.4, -0.2) is 34.2 Å². The Labute approximate surface area is 172 Å². The van der Waals surface area contributed by atoms with Crippen LogP contribution in [-0.2, 0) is 9.53 Å². The first-order valence-electron chi connectivity index (χ1n) is 9.58. The first-order chi connectivity index (χ1) is 14.6. The third-order valence-electron chi connectivity index (χ3n) is 4.62. The Bertz CT molecular complexity index is 1060. The summed E-state index contributed by atoms with van der Waals surface area (Å²) in [6, 6.07) is 19.4. The standard InChI is InChI=1S/C22H20N4O4/c27-20(23-24-21(28)16-7-3-1-4-8-16)14-30-22(29)19-13-18(15-11-12-15)25-26(19)17-9-5-2-6-10-17/h1-10,13,15H,11-12,14H2,(H,23,27)(H,24,28). The van der Waals surface area contributed by atoms with Gasteiger partial charge in [0.15, 0.2) is 12.3 Å². The molecule has 8 heteroatoms. The Morgan fingerprint density at radius 3 is 2.30 bits per heavy atom. The second-order valence-corrected chi connectivity index (χ2v) is 6.92. The minimum Gasteiger partial charge on any atom is -0.451 e. The fourth-order valence-electron chi connectivity index (χ4n) is 2.92. The molecule has 0 radical (unpaired) electrons. The Morgan fingerprint density at radius 2 is 1.63 bits per heavy atom. The third-order valence-corrected chi connectivity index (χ3v) is 4.62. The van der Waals surface area contributed by atoms with Crippen LogP contribution in [0.5, 0.6) is 0 Å². The molecule has 0 unspecified atom stereocenters. The van der Waals surface area contributed by atoms with Gasteiger partial charge in [-0.05, 0) is 43.2 Å². The van der Waals surface area contributed by atoms with E-state index in [-0.39, 0.29) is 5.69 Å². The van der Waals surface area contributed by atoms with E-state index in [4.69, 9.17) is 4.74 Å². The van der Waals surface area contributed by atoms with Crippen LogP contribution in [0.3, 0.4) is 0 Å². The van der Waals surface area contributed by atoms with Gasteiger partial charge >= 0.3 is 5.97 Å². The molecule has 30 heavy (non-hydrogen) atoms. The van der Waals surface area contributed by atoms with E-state index < -0.39 is 24.4 Å². The van der Waals surface area contributed by atoms with E-state index in [2.05, 4.69) is 16.0 Å². The van der Waals surface area contributed by atoms with Crippen LogP contribution in [0, 0.1) is 0 Å². The van der Waals surface area contributed by atoms with Crippen molar-refractivity contribution in [2.75, 3.05) is 6.61 Å². The van der Waals surface area contributed by atoms with Gasteiger partial charge in [-0.25, -0.2) is 9.48 Å².